The van der Waals surface area contributed by atoms with Gasteiger partial charge in [0.15, 0.2) is 5.71 Å². The predicted molar refractivity (Wildman–Crippen MR) is 181 cm³/mol. The van der Waals surface area contributed by atoms with E-state index in [4.69, 9.17) is 0 Å². The molecule has 0 aromatic heterocycles. The Labute approximate surface area is 265 Å². The standard InChI is InChI=1S/C39H40N2O4/c1-39(27-30-14-3-2-4-15-30)35(25-20-29-18-22-32(23-19-29)41(37(42)43)38(44)45)40(26-10-9-13-28-11-5-6-12-28)34-24-21-31-16-7-8-17-33(31)36(34)39/h2-4,7-8,14-25,28H,5-6,9-13,26-27H2,1H3,(H-,42,43,44,45)/p+1. The quantitative estimate of drug-likeness (QED) is 0.140. The molecule has 2 N–H and O–H groups in total. The fourth-order valence-corrected chi connectivity index (χ4v) is 7.53. The maximum Gasteiger partial charge on any atom is 0.421 e. The van der Waals surface area contributed by atoms with Gasteiger partial charge in [-0.2, -0.15) is 9.48 Å². The molecule has 1 heterocycles. The fourth-order valence-electron chi connectivity index (χ4n) is 7.53. The van der Waals surface area contributed by atoms with Crippen molar-refractivity contribution in [2.24, 2.45) is 5.92 Å². The van der Waals surface area contributed by atoms with Crippen molar-refractivity contribution in [3.05, 3.63) is 114 Å². The van der Waals surface area contributed by atoms with Crippen LogP contribution in [0, 0.1) is 5.92 Å². The minimum absolute atomic E-state index is 0.0948. The molecule has 230 valence electrons. The van der Waals surface area contributed by atoms with Crippen LogP contribution in [0.5, 0.6) is 0 Å². The van der Waals surface area contributed by atoms with Crippen molar-refractivity contribution in [2.45, 2.75) is 63.7 Å². The van der Waals surface area contributed by atoms with Crippen LogP contribution in [-0.4, -0.2) is 39.2 Å². The van der Waals surface area contributed by atoms with Crippen LogP contribution in [0.25, 0.3) is 16.8 Å². The zero-order chi connectivity index (χ0) is 31.4. The van der Waals surface area contributed by atoms with Crippen LogP contribution in [0.1, 0.15) is 68.6 Å². The van der Waals surface area contributed by atoms with Crippen LogP contribution in [0.15, 0.2) is 97.1 Å². The topological polar surface area (TPSA) is 80.9 Å². The molecule has 45 heavy (non-hydrogen) atoms. The van der Waals surface area contributed by atoms with Gasteiger partial charge >= 0.3 is 12.2 Å². The number of carbonyl (C=O) groups is 2. The average molecular weight is 602 g/mol. The summed E-state index contributed by atoms with van der Waals surface area (Å²) in [6.07, 6.45) is 11.2. The number of hydrogen-bond acceptors (Lipinski definition) is 2. The number of rotatable bonds is 10. The molecular weight excluding hydrogens is 560 g/mol. The SMILES string of the molecule is CC1(Cc2ccccc2)C(C=Cc2ccc(N(C(=O)O)C(=O)O)cc2)=[N+](CCCCC2CCCC2)c2ccc3ccccc3c21. The highest BCUT2D eigenvalue weighted by Crippen LogP contribution is 2.46. The summed E-state index contributed by atoms with van der Waals surface area (Å²) in [5.41, 5.74) is 5.79. The lowest BCUT2D eigenvalue weighted by molar-refractivity contribution is -0.438. The van der Waals surface area contributed by atoms with E-state index in [1.54, 1.807) is 12.1 Å². The third-order valence-electron chi connectivity index (χ3n) is 9.69. The minimum atomic E-state index is -1.53. The van der Waals surface area contributed by atoms with Gasteiger partial charge in [0.25, 0.3) is 0 Å². The number of unbranched alkanes of at least 4 members (excludes halogenated alkanes) is 1. The Morgan fingerprint density at radius 3 is 2.24 bits per heavy atom. The van der Waals surface area contributed by atoms with E-state index in [9.17, 15) is 19.8 Å². The van der Waals surface area contributed by atoms with Gasteiger partial charge in [-0.25, -0.2) is 9.59 Å². The van der Waals surface area contributed by atoms with Gasteiger partial charge in [0.05, 0.1) is 11.1 Å². The Kier molecular flexibility index (Phi) is 8.83. The molecule has 1 unspecified atom stereocenters. The minimum Gasteiger partial charge on any atom is -0.464 e. The summed E-state index contributed by atoms with van der Waals surface area (Å²) in [5, 5.41) is 21.2. The molecule has 6 heteroatoms. The van der Waals surface area contributed by atoms with E-state index in [-0.39, 0.29) is 11.1 Å². The number of amides is 2. The third-order valence-corrected chi connectivity index (χ3v) is 9.69. The number of allylic oxidation sites excluding steroid dienone is 1. The van der Waals surface area contributed by atoms with Gasteiger partial charge in [-0.05, 0) is 71.9 Å². The molecule has 1 fully saturated rings. The Hall–Kier alpha value is -4.71. The fraction of sp³-hybridized carbons (Fsp3) is 0.308. The van der Waals surface area contributed by atoms with E-state index in [1.807, 2.05) is 0 Å². The highest BCUT2D eigenvalue weighted by Gasteiger charge is 2.48. The summed E-state index contributed by atoms with van der Waals surface area (Å²) in [7, 11) is 0. The number of nitrogens with zero attached hydrogens (tertiary/aromatic N) is 2. The maximum atomic E-state index is 11.5. The van der Waals surface area contributed by atoms with Crippen LogP contribution in [0.2, 0.25) is 0 Å². The van der Waals surface area contributed by atoms with Crippen LogP contribution in [0.3, 0.4) is 0 Å². The lowest BCUT2D eigenvalue weighted by Gasteiger charge is -2.24. The van der Waals surface area contributed by atoms with E-state index in [1.165, 1.54) is 84.0 Å². The summed E-state index contributed by atoms with van der Waals surface area (Å²) in [4.78, 5) is 23.3. The number of fused-ring (bicyclic) bond motifs is 3. The zero-order valence-corrected chi connectivity index (χ0v) is 25.9. The third kappa shape index (κ3) is 6.28. The summed E-state index contributed by atoms with van der Waals surface area (Å²) in [6.45, 7) is 3.30. The Morgan fingerprint density at radius 1 is 0.844 bits per heavy atom. The predicted octanol–water partition coefficient (Wildman–Crippen LogP) is 9.68. The Morgan fingerprint density at radius 2 is 1.53 bits per heavy atom. The average Bonchev–Trinajstić information content (AvgIpc) is 3.63. The van der Waals surface area contributed by atoms with E-state index in [0.29, 0.717) is 4.90 Å². The van der Waals surface area contributed by atoms with Crippen LogP contribution in [0.4, 0.5) is 21.0 Å². The molecule has 0 radical (unpaired) electrons. The zero-order valence-electron chi connectivity index (χ0n) is 25.9. The van der Waals surface area contributed by atoms with E-state index < -0.39 is 12.2 Å². The monoisotopic (exact) mass is 601 g/mol. The van der Waals surface area contributed by atoms with E-state index >= 15 is 0 Å². The molecule has 1 aliphatic carbocycles. The summed E-state index contributed by atoms with van der Waals surface area (Å²) < 4.78 is 2.53. The van der Waals surface area contributed by atoms with Gasteiger partial charge in [0.1, 0.15) is 6.54 Å². The summed E-state index contributed by atoms with van der Waals surface area (Å²) in [6, 6.07) is 30.5. The van der Waals surface area contributed by atoms with Gasteiger partial charge in [-0.1, -0.05) is 98.8 Å². The first-order chi connectivity index (χ1) is 21.8. The highest BCUT2D eigenvalue weighted by atomic mass is 16.4. The highest BCUT2D eigenvalue weighted by molar-refractivity contribution is 6.10. The number of anilines is 1. The van der Waals surface area contributed by atoms with Gasteiger partial charge in [-0.15, -0.1) is 0 Å². The first-order valence-electron chi connectivity index (χ1n) is 16.1. The normalized spacial score (nSPS) is 18.2. The molecule has 2 aliphatic rings. The van der Waals surface area contributed by atoms with Crippen LogP contribution < -0.4 is 4.90 Å². The molecule has 1 aliphatic heterocycles. The first-order valence-corrected chi connectivity index (χ1v) is 16.1. The van der Waals surface area contributed by atoms with Gasteiger partial charge in [-0.3, -0.25) is 0 Å². The van der Waals surface area contributed by atoms with Crippen LogP contribution >= 0.6 is 0 Å². The van der Waals surface area contributed by atoms with Gasteiger partial charge in [0.2, 0.25) is 5.69 Å². The van der Waals surface area contributed by atoms with Crippen molar-refractivity contribution in [3.8, 4) is 0 Å². The number of imide groups is 1. The second-order valence-electron chi connectivity index (χ2n) is 12.7. The lowest BCUT2D eigenvalue weighted by atomic mass is 9.73. The van der Waals surface area contributed by atoms with Crippen molar-refractivity contribution in [3.63, 3.8) is 0 Å². The maximum absolute atomic E-state index is 11.5. The first kappa shape index (κ1) is 30.3. The summed E-state index contributed by atoms with van der Waals surface area (Å²) in [5.74, 6) is 0.882. The second kappa shape index (κ2) is 13.1. The largest absolute Gasteiger partial charge is 0.464 e. The Balaban J connectivity index is 1.41. The van der Waals surface area contributed by atoms with Gasteiger partial charge < -0.3 is 10.2 Å². The molecule has 6 nitrogen and oxygen atoms in total. The van der Waals surface area contributed by atoms with Crippen molar-refractivity contribution in [2.75, 3.05) is 11.4 Å². The Bertz CT molecular complexity index is 1740. The summed E-state index contributed by atoms with van der Waals surface area (Å²) >= 11 is 0. The van der Waals surface area contributed by atoms with Crippen molar-refractivity contribution in [1.29, 1.82) is 0 Å². The molecule has 0 bridgehead atoms. The molecular formula is C39H41N2O4+. The smallest absolute Gasteiger partial charge is 0.421 e. The molecule has 1 saturated carbocycles. The van der Waals surface area contributed by atoms with Crippen LogP contribution in [-0.2, 0) is 11.8 Å². The van der Waals surface area contributed by atoms with E-state index in [2.05, 4.69) is 90.4 Å². The molecule has 6 rings (SSSR count). The van der Waals surface area contributed by atoms with Crippen molar-refractivity contribution < 1.29 is 24.4 Å². The van der Waals surface area contributed by atoms with Gasteiger partial charge in [0, 0.05) is 24.1 Å². The second-order valence-corrected chi connectivity index (χ2v) is 12.7. The molecule has 0 spiro atoms. The molecule has 2 amide bonds. The van der Waals surface area contributed by atoms with Crippen molar-refractivity contribution >= 4 is 46.1 Å². The molecule has 0 saturated heterocycles. The number of benzene rings is 4. The number of carboxylic acid groups (broad SMARTS) is 2. The number of hydrogen-bond donors (Lipinski definition) is 2. The lowest BCUT2D eigenvalue weighted by Crippen LogP contribution is -2.34. The van der Waals surface area contributed by atoms with E-state index in [0.717, 1.165) is 30.9 Å². The molecule has 4 aromatic rings. The molecule has 1 atom stereocenters. The molecule has 4 aromatic carbocycles. The van der Waals surface area contributed by atoms with Crippen molar-refractivity contribution in [1.82, 2.24) is 0 Å².